The van der Waals surface area contributed by atoms with Crippen molar-refractivity contribution < 1.29 is 22.3 Å². The number of halogens is 1. The number of anilines is 1. The van der Waals surface area contributed by atoms with Crippen LogP contribution in [-0.2, 0) is 27.8 Å². The number of sulfonamides is 1. The second-order valence-electron chi connectivity index (χ2n) is 7.99. The first-order chi connectivity index (χ1) is 16.4. The Morgan fingerprint density at radius 1 is 0.912 bits per heavy atom. The first-order valence-corrected chi connectivity index (χ1v) is 12.4. The Hall–Kier alpha value is -3.27. The van der Waals surface area contributed by atoms with Crippen LogP contribution in [0, 0.1) is 5.82 Å². The van der Waals surface area contributed by atoms with Gasteiger partial charge in [-0.2, -0.15) is 0 Å². The van der Waals surface area contributed by atoms with E-state index in [9.17, 15) is 17.6 Å². The summed E-state index contributed by atoms with van der Waals surface area (Å²) in [5.41, 5.74) is 2.46. The number of carbonyl (C=O) groups excluding carboxylic acids is 1. The summed E-state index contributed by atoms with van der Waals surface area (Å²) < 4.78 is 46.3. The fraction of sp³-hybridized carbons (Fsp3) is 0.240. The van der Waals surface area contributed by atoms with Crippen molar-refractivity contribution in [3.63, 3.8) is 0 Å². The van der Waals surface area contributed by atoms with Crippen molar-refractivity contribution in [1.29, 1.82) is 0 Å². The topological polar surface area (TPSA) is 87.7 Å². The molecular weight excluding hydrogens is 457 g/mol. The lowest BCUT2D eigenvalue weighted by atomic mass is 10.1. The van der Waals surface area contributed by atoms with Gasteiger partial charge >= 0.3 is 0 Å². The predicted octanol–water partition coefficient (Wildman–Crippen LogP) is 3.39. The van der Waals surface area contributed by atoms with Crippen molar-refractivity contribution in [3.05, 3.63) is 95.3 Å². The van der Waals surface area contributed by atoms with E-state index in [0.717, 1.165) is 50.5 Å². The maximum absolute atomic E-state index is 13.1. The third-order valence-corrected chi connectivity index (χ3v) is 6.91. The van der Waals surface area contributed by atoms with Gasteiger partial charge in [-0.3, -0.25) is 14.4 Å². The van der Waals surface area contributed by atoms with Gasteiger partial charge in [-0.15, -0.1) is 0 Å². The van der Waals surface area contributed by atoms with Gasteiger partial charge in [-0.05, 0) is 47.5 Å². The van der Waals surface area contributed by atoms with Gasteiger partial charge in [0.25, 0.3) is 15.9 Å². The normalized spacial score (nSPS) is 14.5. The van der Waals surface area contributed by atoms with Crippen molar-refractivity contribution in [3.8, 4) is 0 Å². The zero-order valence-electron chi connectivity index (χ0n) is 18.5. The molecule has 4 rings (SSSR count). The highest BCUT2D eigenvalue weighted by Crippen LogP contribution is 2.21. The van der Waals surface area contributed by atoms with Crippen LogP contribution in [0.25, 0.3) is 0 Å². The summed E-state index contributed by atoms with van der Waals surface area (Å²) >= 11 is 0. The second kappa shape index (κ2) is 10.8. The van der Waals surface area contributed by atoms with Crippen molar-refractivity contribution in [2.24, 2.45) is 0 Å². The summed E-state index contributed by atoms with van der Waals surface area (Å²) in [6, 6.07) is 18.9. The average molecular weight is 484 g/mol. The van der Waals surface area contributed by atoms with Crippen LogP contribution in [-0.4, -0.2) is 45.5 Å². The smallest absolute Gasteiger partial charge is 0.261 e. The molecule has 0 atom stereocenters. The molecule has 0 spiro atoms. The summed E-state index contributed by atoms with van der Waals surface area (Å²) in [4.78, 5) is 15.1. The minimum atomic E-state index is -3.98. The van der Waals surface area contributed by atoms with Crippen molar-refractivity contribution in [2.45, 2.75) is 18.0 Å². The van der Waals surface area contributed by atoms with E-state index in [1.54, 1.807) is 18.2 Å². The summed E-state index contributed by atoms with van der Waals surface area (Å²) in [5, 5.41) is 2.84. The third kappa shape index (κ3) is 6.19. The Morgan fingerprint density at radius 2 is 1.56 bits per heavy atom. The average Bonchev–Trinajstić information content (AvgIpc) is 2.84. The van der Waals surface area contributed by atoms with Crippen molar-refractivity contribution in [2.75, 3.05) is 31.0 Å². The lowest BCUT2D eigenvalue weighted by Gasteiger charge is -2.26. The van der Waals surface area contributed by atoms with Crippen molar-refractivity contribution >= 4 is 21.6 Å². The molecule has 3 aromatic carbocycles. The summed E-state index contributed by atoms with van der Waals surface area (Å²) in [7, 11) is -3.98. The number of hydrogen-bond acceptors (Lipinski definition) is 5. The van der Waals surface area contributed by atoms with E-state index in [-0.39, 0.29) is 16.1 Å². The monoisotopic (exact) mass is 483 g/mol. The van der Waals surface area contributed by atoms with E-state index in [4.69, 9.17) is 4.74 Å². The lowest BCUT2D eigenvalue weighted by Crippen LogP contribution is -2.35. The van der Waals surface area contributed by atoms with Crippen LogP contribution in [0.3, 0.4) is 0 Å². The van der Waals surface area contributed by atoms with Gasteiger partial charge < -0.3 is 10.1 Å². The van der Waals surface area contributed by atoms with Gasteiger partial charge in [0, 0.05) is 26.2 Å². The minimum absolute atomic E-state index is 0.0960. The summed E-state index contributed by atoms with van der Waals surface area (Å²) in [5.74, 6) is -0.942. The quantitative estimate of drug-likeness (QED) is 0.513. The molecule has 2 N–H and O–H groups in total. The number of carbonyl (C=O) groups is 1. The molecular formula is C25H26FN3O4S. The Morgan fingerprint density at radius 3 is 2.26 bits per heavy atom. The SMILES string of the molecule is O=C(NCc1ccc(CN2CCOCC2)cc1)c1ccccc1NS(=O)(=O)c1ccc(F)cc1. The molecule has 9 heteroatoms. The van der Waals surface area contributed by atoms with Gasteiger partial charge in [-0.25, -0.2) is 12.8 Å². The molecule has 0 bridgehead atoms. The molecule has 3 aromatic rings. The van der Waals surface area contributed by atoms with E-state index >= 15 is 0 Å². The van der Waals surface area contributed by atoms with E-state index in [1.165, 1.54) is 23.8 Å². The fourth-order valence-corrected chi connectivity index (χ4v) is 4.72. The van der Waals surface area contributed by atoms with Crippen LogP contribution in [0.15, 0.2) is 77.7 Å². The third-order valence-electron chi connectivity index (χ3n) is 5.53. The Labute approximate surface area is 198 Å². The van der Waals surface area contributed by atoms with Gasteiger partial charge in [0.15, 0.2) is 0 Å². The van der Waals surface area contributed by atoms with Crippen molar-refractivity contribution in [1.82, 2.24) is 10.2 Å². The van der Waals surface area contributed by atoms with E-state index in [1.807, 2.05) is 24.3 Å². The molecule has 1 aliphatic rings. The number of para-hydroxylation sites is 1. The van der Waals surface area contributed by atoms with Crippen LogP contribution < -0.4 is 10.0 Å². The molecule has 0 unspecified atom stereocenters. The second-order valence-corrected chi connectivity index (χ2v) is 9.68. The highest BCUT2D eigenvalue weighted by atomic mass is 32.2. The number of rotatable bonds is 8. The number of hydrogen-bond donors (Lipinski definition) is 2. The van der Waals surface area contributed by atoms with E-state index in [0.29, 0.717) is 6.54 Å². The van der Waals surface area contributed by atoms with Crippen LogP contribution in [0.1, 0.15) is 21.5 Å². The molecule has 7 nitrogen and oxygen atoms in total. The Bertz CT molecular complexity index is 1230. The summed E-state index contributed by atoms with van der Waals surface area (Å²) in [6.07, 6.45) is 0. The Kier molecular flexibility index (Phi) is 7.56. The largest absolute Gasteiger partial charge is 0.379 e. The van der Waals surface area contributed by atoms with Gasteiger partial charge in [0.2, 0.25) is 0 Å². The highest BCUT2D eigenvalue weighted by Gasteiger charge is 2.19. The molecule has 1 saturated heterocycles. The number of ether oxygens (including phenoxy) is 1. The minimum Gasteiger partial charge on any atom is -0.379 e. The molecule has 0 radical (unpaired) electrons. The van der Waals surface area contributed by atoms with Crippen LogP contribution in [0.2, 0.25) is 0 Å². The fourth-order valence-electron chi connectivity index (χ4n) is 3.65. The zero-order valence-corrected chi connectivity index (χ0v) is 19.4. The first-order valence-electron chi connectivity index (χ1n) is 10.9. The highest BCUT2D eigenvalue weighted by molar-refractivity contribution is 7.92. The molecule has 34 heavy (non-hydrogen) atoms. The summed E-state index contributed by atoms with van der Waals surface area (Å²) in [6.45, 7) is 4.51. The number of morpholine rings is 1. The van der Waals surface area contributed by atoms with Crippen LogP contribution >= 0.6 is 0 Å². The van der Waals surface area contributed by atoms with E-state index in [2.05, 4.69) is 14.9 Å². The maximum atomic E-state index is 13.1. The van der Waals surface area contributed by atoms with Crippen LogP contribution in [0.4, 0.5) is 10.1 Å². The van der Waals surface area contributed by atoms with Gasteiger partial charge in [-0.1, -0.05) is 36.4 Å². The molecule has 1 heterocycles. The molecule has 0 aromatic heterocycles. The van der Waals surface area contributed by atoms with Crippen LogP contribution in [0.5, 0.6) is 0 Å². The maximum Gasteiger partial charge on any atom is 0.261 e. The number of amides is 1. The van der Waals surface area contributed by atoms with Gasteiger partial charge in [0.05, 0.1) is 29.4 Å². The predicted molar refractivity (Wildman–Crippen MR) is 127 cm³/mol. The molecule has 1 amide bonds. The molecule has 1 fully saturated rings. The number of benzene rings is 3. The molecule has 178 valence electrons. The lowest BCUT2D eigenvalue weighted by molar-refractivity contribution is 0.0342. The zero-order chi connectivity index (χ0) is 24.0. The molecule has 0 saturated carbocycles. The Balaban J connectivity index is 1.38. The number of nitrogens with zero attached hydrogens (tertiary/aromatic N) is 1. The first kappa shape index (κ1) is 23.9. The molecule has 1 aliphatic heterocycles. The molecule has 0 aliphatic carbocycles. The number of nitrogens with one attached hydrogen (secondary N) is 2. The van der Waals surface area contributed by atoms with E-state index < -0.39 is 21.7 Å². The van der Waals surface area contributed by atoms with Gasteiger partial charge in [0.1, 0.15) is 5.82 Å². The standard InChI is InChI=1S/C25H26FN3O4S/c26-21-9-11-22(12-10-21)34(31,32)28-24-4-2-1-3-23(24)25(30)27-17-19-5-7-20(8-6-19)18-29-13-15-33-16-14-29/h1-12,28H,13-18H2,(H,27,30).